The number of fused-ring (bicyclic) bond motifs is 15. The molecule has 11 nitrogen and oxygen atoms in total. The molecule has 16 atom stereocenters. The van der Waals surface area contributed by atoms with Gasteiger partial charge in [-0.15, -0.1) is 0 Å². The summed E-state index contributed by atoms with van der Waals surface area (Å²) in [7, 11) is 1.54. The number of esters is 2. The van der Waals surface area contributed by atoms with Crippen LogP contribution in [0.25, 0.3) is 23.1 Å². The predicted octanol–water partition coefficient (Wildman–Crippen LogP) is 15.9. The highest BCUT2D eigenvalue weighted by Gasteiger charge is 2.70. The molecule has 6 aromatic rings. The lowest BCUT2D eigenvalue weighted by atomic mass is 9.48. The number of hydrogen-bond donors (Lipinski definition) is 3. The number of aliphatic hydroxyl groups is 3. The molecule has 3 saturated carbocycles. The summed E-state index contributed by atoms with van der Waals surface area (Å²) in [5, 5.41) is 33.7. The van der Waals surface area contributed by atoms with Crippen LogP contribution in [0.2, 0.25) is 0 Å². The molecule has 9 aliphatic carbocycles. The third kappa shape index (κ3) is 8.79. The number of hydrogen-bond acceptors (Lipinski definition) is 11. The van der Waals surface area contributed by atoms with Gasteiger partial charge in [0, 0.05) is 77.6 Å². The largest absolute Gasteiger partial charge is 0.482 e. The lowest BCUT2D eigenvalue weighted by Gasteiger charge is -2.57. The molecule has 5 aromatic carbocycles. The topological polar surface area (TPSA) is 162 Å². The average Bonchev–Trinajstić information content (AvgIpc) is 1.37. The monoisotopic (exact) mass is 1280 g/mol. The molecule has 13 aliphatic rings. The molecule has 0 amide bonds. The van der Waals surface area contributed by atoms with Gasteiger partial charge in [-0.2, -0.15) is 0 Å². The average molecular weight is 1290 g/mol. The third-order valence-electron chi connectivity index (χ3n) is 27.4. The van der Waals surface area contributed by atoms with Crippen LogP contribution < -0.4 is 10.4 Å². The maximum atomic E-state index is 16.5. The van der Waals surface area contributed by atoms with E-state index in [1.54, 1.807) is 0 Å². The highest BCUT2D eigenvalue weighted by atomic mass is 16.6. The molecule has 4 aliphatic heterocycles. The summed E-state index contributed by atoms with van der Waals surface area (Å²) in [6.45, 7) is 0.804. The molecule has 1 aromatic heterocycles. The first-order chi connectivity index (χ1) is 46.9. The van der Waals surface area contributed by atoms with E-state index in [1.165, 1.54) is 82.0 Å². The van der Waals surface area contributed by atoms with E-state index >= 15 is 14.4 Å². The summed E-state index contributed by atoms with van der Waals surface area (Å²) in [5.74, 6) is -0.923. The lowest BCUT2D eigenvalue weighted by Crippen LogP contribution is -2.64. The zero-order chi connectivity index (χ0) is 65.0. The van der Waals surface area contributed by atoms with Crippen molar-refractivity contribution in [2.45, 2.75) is 181 Å². The lowest BCUT2D eigenvalue weighted by molar-refractivity contribution is -0.210. The number of rotatable bonds is 8. The van der Waals surface area contributed by atoms with Crippen LogP contribution in [0, 0.1) is 40.4 Å². The number of methoxy groups -OCH3 is 1. The van der Waals surface area contributed by atoms with E-state index in [9.17, 15) is 15.3 Å². The van der Waals surface area contributed by atoms with Crippen LogP contribution >= 0.6 is 0 Å². The molecule has 1 saturated heterocycles. The Morgan fingerprint density at radius 3 is 2.44 bits per heavy atom. The van der Waals surface area contributed by atoms with E-state index < -0.39 is 53.3 Å². The van der Waals surface area contributed by atoms with Crippen molar-refractivity contribution in [1.29, 1.82) is 0 Å². The molecule has 4 fully saturated rings. The number of carbonyl (C=O) groups excluding carboxylic acids is 2. The third-order valence-corrected chi connectivity index (χ3v) is 27.4. The Bertz CT molecular complexity index is 4410. The van der Waals surface area contributed by atoms with Gasteiger partial charge in [0.1, 0.15) is 11.3 Å². The van der Waals surface area contributed by atoms with Gasteiger partial charge in [-0.25, -0.2) is 9.59 Å². The van der Waals surface area contributed by atoms with Gasteiger partial charge in [-0.3, -0.25) is 4.79 Å². The van der Waals surface area contributed by atoms with Gasteiger partial charge in [0.05, 0.1) is 25.4 Å². The molecule has 11 heteroatoms. The van der Waals surface area contributed by atoms with Crippen LogP contribution in [0.3, 0.4) is 0 Å². The highest BCUT2D eigenvalue weighted by Crippen LogP contribution is 2.72. The van der Waals surface area contributed by atoms with Crippen molar-refractivity contribution in [2.75, 3.05) is 26.9 Å². The van der Waals surface area contributed by atoms with Crippen molar-refractivity contribution in [3.63, 3.8) is 0 Å². The predicted molar refractivity (Wildman–Crippen MR) is 368 cm³/mol. The Labute approximate surface area is 562 Å². The number of allylic oxidation sites excluding steroid dienone is 5. The van der Waals surface area contributed by atoms with E-state index in [4.69, 9.17) is 23.4 Å². The summed E-state index contributed by atoms with van der Waals surface area (Å²) in [6, 6.07) is 36.0. The molecule has 96 heavy (non-hydrogen) atoms. The van der Waals surface area contributed by atoms with Crippen molar-refractivity contribution in [3.05, 3.63) is 227 Å². The second-order valence-corrected chi connectivity index (χ2v) is 31.3. The molecule has 3 N–H and O–H groups in total. The smallest absolute Gasteiger partial charge is 0.340 e. The van der Waals surface area contributed by atoms with Gasteiger partial charge >= 0.3 is 17.6 Å². The van der Waals surface area contributed by atoms with E-state index in [0.717, 1.165) is 51.4 Å². The maximum Gasteiger partial charge on any atom is 0.340 e. The molecule has 0 radical (unpaired) electrons. The molecule has 3 spiro atoms. The van der Waals surface area contributed by atoms with Crippen LogP contribution in [0.15, 0.2) is 154 Å². The minimum absolute atomic E-state index is 0.00582. The SMILES string of the molecule is COCC(CCO)c1c(CO)c2ccc3c(c2oc1=O)C1OC(=O)CC2CC(c4cccc5c4CCC4CCCC6C=Cc7ccccc7C564)C=CC2c2ccc4c(c2)C2CC5(CCCC5)C4CC(=C(C)CO)C(=O)OC1C1(CC=CC4(C2)C2C=Cc5ccccc5C2CC41)O3. The summed E-state index contributed by atoms with van der Waals surface area (Å²) in [5.41, 5.74) is 12.3. The second kappa shape index (κ2) is 23.1. The fraction of sp³-hybridized carbons (Fsp3) is 0.471. The van der Waals surface area contributed by atoms with Crippen LogP contribution in [0.5, 0.6) is 5.75 Å². The van der Waals surface area contributed by atoms with E-state index in [0.29, 0.717) is 65.4 Å². The van der Waals surface area contributed by atoms with E-state index in [1.807, 2.05) is 19.1 Å². The molecular weight excluding hydrogens is 1200 g/mol. The molecule has 8 bridgehead atoms. The Morgan fingerprint density at radius 2 is 1.59 bits per heavy atom. The minimum atomic E-state index is -1.38. The van der Waals surface area contributed by atoms with Crippen molar-refractivity contribution in [1.82, 2.24) is 0 Å². The van der Waals surface area contributed by atoms with E-state index in [2.05, 4.69) is 134 Å². The Hall–Kier alpha value is -7.41. The molecular formula is C85H88O11. The number of benzene rings is 5. The fourth-order valence-corrected chi connectivity index (χ4v) is 23.6. The van der Waals surface area contributed by atoms with Gasteiger partial charge in [-0.05, 0) is 210 Å². The summed E-state index contributed by atoms with van der Waals surface area (Å²) >= 11 is 0. The molecule has 16 unspecified atom stereocenters. The number of ether oxygens (including phenoxy) is 4. The number of aliphatic hydroxyl groups excluding tert-OH is 3. The zero-order valence-corrected chi connectivity index (χ0v) is 55.3. The Morgan fingerprint density at radius 1 is 0.771 bits per heavy atom. The molecule has 5 heterocycles. The summed E-state index contributed by atoms with van der Waals surface area (Å²) in [4.78, 5) is 47.9. The standard InChI is InChI=1S/C85H88O11/c1-48(45-87)64-41-71-62-27-22-52-39-65(62)55(43-82(71)33-7-8-34-82)44-83-35-11-36-84(73(83)42-66-59-16-5-3-12-49(59)23-30-69(66)83)79(95-80(64)90)78(76-72(96-84)31-29-63-67(46-88)75(81(91)94-77(63)76)53(32-37-86)47-92-2)93-74(89)40-54-38-51(21-26-58(52)54)60-17-10-19-70-61(60)28-25-57-15-9-14-56-24-20-50-13-4-6-18-68(50)85(56,57)70/h3-6,10-13,16-24,26-27,29-31,35,39,51,53-58,66,69,71,73,78-79,86-88H,7-9,14-15,25,28,32-34,36-38,40-47H2,1-2H3. The van der Waals surface area contributed by atoms with Gasteiger partial charge in [0.2, 0.25) is 0 Å². The fourth-order valence-electron chi connectivity index (χ4n) is 23.6. The molecule has 19 rings (SSSR count). The van der Waals surface area contributed by atoms with Crippen LogP contribution in [0.1, 0.15) is 224 Å². The van der Waals surface area contributed by atoms with Crippen LogP contribution in [-0.4, -0.2) is 65.9 Å². The first-order valence-corrected chi connectivity index (χ1v) is 36.3. The first kappa shape index (κ1) is 61.0. The summed E-state index contributed by atoms with van der Waals surface area (Å²) < 4.78 is 35.2. The van der Waals surface area contributed by atoms with Gasteiger partial charge < -0.3 is 38.7 Å². The van der Waals surface area contributed by atoms with E-state index in [-0.39, 0.29) is 108 Å². The van der Waals surface area contributed by atoms with Gasteiger partial charge in [0.25, 0.3) is 0 Å². The second-order valence-electron chi connectivity index (χ2n) is 31.3. The van der Waals surface area contributed by atoms with Gasteiger partial charge in [0.15, 0.2) is 17.8 Å². The van der Waals surface area contributed by atoms with Crippen molar-refractivity contribution in [3.8, 4) is 5.75 Å². The first-order valence-electron chi connectivity index (χ1n) is 36.3. The molecule has 494 valence electrons. The van der Waals surface area contributed by atoms with Crippen molar-refractivity contribution in [2.24, 2.45) is 40.4 Å². The van der Waals surface area contributed by atoms with Crippen molar-refractivity contribution < 1.29 is 48.3 Å². The van der Waals surface area contributed by atoms with Crippen molar-refractivity contribution >= 4 is 35.1 Å². The maximum absolute atomic E-state index is 16.5. The quantitative estimate of drug-likeness (QED) is 0.0576. The van der Waals surface area contributed by atoms with Crippen LogP contribution in [-0.2, 0) is 42.2 Å². The normalized spacial score (nSPS) is 34.3. The summed E-state index contributed by atoms with van der Waals surface area (Å²) in [6.07, 6.45) is 30.8. The Kier molecular flexibility index (Phi) is 14.7. The number of carbonyl (C=O) groups is 2. The minimum Gasteiger partial charge on any atom is -0.482 e. The highest BCUT2D eigenvalue weighted by molar-refractivity contribution is 5.91. The van der Waals surface area contributed by atoms with Crippen LogP contribution in [0.4, 0.5) is 0 Å². The van der Waals surface area contributed by atoms with Gasteiger partial charge in [-0.1, -0.05) is 153 Å². The Balaban J connectivity index is 0.874. The zero-order valence-electron chi connectivity index (χ0n) is 55.3.